The topological polar surface area (TPSA) is 42.0 Å². The van der Waals surface area contributed by atoms with Crippen LogP contribution in [-0.2, 0) is 0 Å². The molecule has 0 radical (unpaired) electrons. The molecule has 3 nitrogen and oxygen atoms in total. The first kappa shape index (κ1) is 12.4. The molecule has 0 aliphatic heterocycles. The van der Waals surface area contributed by atoms with E-state index in [1.807, 2.05) is 60.7 Å². The van der Waals surface area contributed by atoms with Gasteiger partial charge in [-0.15, -0.1) is 0 Å². The number of hydrogen-bond donors (Lipinski definition) is 1. The maximum absolute atomic E-state index is 11.9. The Bertz CT molecular complexity index is 766. The fraction of sp³-hybridized carbons (Fsp3) is 0.0588. The molecule has 1 N–H and O–H groups in total. The third-order valence-electron chi connectivity index (χ3n) is 3.26. The van der Waals surface area contributed by atoms with E-state index in [0.29, 0.717) is 5.69 Å². The van der Waals surface area contributed by atoms with Crippen LogP contribution < -0.4 is 5.32 Å². The molecule has 0 aliphatic rings. The zero-order valence-corrected chi connectivity index (χ0v) is 11.1. The number of carbonyl (C=O) groups excluding carboxylic acids is 1. The van der Waals surface area contributed by atoms with Crippen molar-refractivity contribution in [2.24, 2.45) is 0 Å². The van der Waals surface area contributed by atoms with E-state index in [0.717, 1.165) is 22.0 Å². The van der Waals surface area contributed by atoms with E-state index in [9.17, 15) is 4.79 Å². The second kappa shape index (κ2) is 5.13. The molecule has 3 rings (SSSR count). The summed E-state index contributed by atoms with van der Waals surface area (Å²) in [4.78, 5) is 16.3. The quantitative estimate of drug-likeness (QED) is 0.770. The van der Waals surface area contributed by atoms with E-state index in [4.69, 9.17) is 0 Å². The van der Waals surface area contributed by atoms with Gasteiger partial charge in [0.15, 0.2) is 0 Å². The van der Waals surface area contributed by atoms with Gasteiger partial charge in [-0.3, -0.25) is 4.79 Å². The molecule has 2 aromatic carbocycles. The number of fused-ring (bicyclic) bond motifs is 1. The monoisotopic (exact) mass is 262 g/mol. The predicted molar refractivity (Wildman–Crippen MR) is 80.6 cm³/mol. The molecule has 0 saturated carbocycles. The first-order chi connectivity index (χ1) is 9.79. The fourth-order valence-electron chi connectivity index (χ4n) is 2.28. The molecule has 0 atom stereocenters. The number of pyridine rings is 1. The summed E-state index contributed by atoms with van der Waals surface area (Å²) in [6.07, 6.45) is 0. The molecular formula is C17H14N2O. The van der Waals surface area contributed by atoms with Crippen LogP contribution in [-0.4, -0.2) is 17.9 Å². The van der Waals surface area contributed by atoms with E-state index in [2.05, 4.69) is 10.3 Å². The number of nitrogens with zero attached hydrogens (tertiary/aromatic N) is 1. The smallest absolute Gasteiger partial charge is 0.269 e. The summed E-state index contributed by atoms with van der Waals surface area (Å²) in [6, 6.07) is 19.7. The zero-order valence-electron chi connectivity index (χ0n) is 11.1. The molecule has 0 fully saturated rings. The van der Waals surface area contributed by atoms with E-state index in [1.54, 1.807) is 7.05 Å². The average Bonchev–Trinajstić information content (AvgIpc) is 2.54. The van der Waals surface area contributed by atoms with Crippen molar-refractivity contribution < 1.29 is 4.79 Å². The van der Waals surface area contributed by atoms with Gasteiger partial charge in [0.25, 0.3) is 5.91 Å². The Balaban J connectivity index is 2.31. The van der Waals surface area contributed by atoms with Gasteiger partial charge in [-0.05, 0) is 23.3 Å². The van der Waals surface area contributed by atoms with Crippen molar-refractivity contribution in [1.82, 2.24) is 10.3 Å². The normalized spacial score (nSPS) is 10.4. The maximum atomic E-state index is 11.9. The summed E-state index contributed by atoms with van der Waals surface area (Å²) in [5, 5.41) is 3.67. The Labute approximate surface area is 117 Å². The molecule has 98 valence electrons. The van der Waals surface area contributed by atoms with Crippen molar-refractivity contribution in [3.8, 4) is 11.1 Å². The summed E-state index contributed by atoms with van der Waals surface area (Å²) < 4.78 is 0. The minimum absolute atomic E-state index is 0.173. The Kier molecular flexibility index (Phi) is 3.17. The van der Waals surface area contributed by atoms with Crippen LogP contribution in [0, 0.1) is 0 Å². The van der Waals surface area contributed by atoms with Crippen LogP contribution in [0.5, 0.6) is 0 Å². The van der Waals surface area contributed by atoms with Crippen LogP contribution in [0.1, 0.15) is 10.5 Å². The summed E-state index contributed by atoms with van der Waals surface area (Å²) in [6.45, 7) is 0. The van der Waals surface area contributed by atoms with Crippen molar-refractivity contribution in [1.29, 1.82) is 0 Å². The molecule has 0 bridgehead atoms. The van der Waals surface area contributed by atoms with Crippen LogP contribution in [0.2, 0.25) is 0 Å². The number of nitrogens with one attached hydrogen (secondary N) is 1. The second-order valence-corrected chi connectivity index (χ2v) is 4.52. The van der Waals surface area contributed by atoms with Gasteiger partial charge in [0, 0.05) is 12.4 Å². The maximum Gasteiger partial charge on any atom is 0.269 e. The van der Waals surface area contributed by atoms with Gasteiger partial charge in [-0.25, -0.2) is 4.98 Å². The molecule has 0 saturated heterocycles. The van der Waals surface area contributed by atoms with E-state index in [1.165, 1.54) is 0 Å². The van der Waals surface area contributed by atoms with Crippen LogP contribution >= 0.6 is 0 Å². The van der Waals surface area contributed by atoms with E-state index >= 15 is 0 Å². The highest BCUT2D eigenvalue weighted by molar-refractivity contribution is 6.01. The van der Waals surface area contributed by atoms with Crippen LogP contribution in [0.15, 0.2) is 60.7 Å². The van der Waals surface area contributed by atoms with Gasteiger partial charge in [0.1, 0.15) is 5.69 Å². The van der Waals surface area contributed by atoms with Crippen molar-refractivity contribution in [2.75, 3.05) is 7.05 Å². The lowest BCUT2D eigenvalue weighted by Gasteiger charge is -2.09. The van der Waals surface area contributed by atoms with Crippen molar-refractivity contribution in [3.05, 3.63) is 66.4 Å². The van der Waals surface area contributed by atoms with Gasteiger partial charge < -0.3 is 5.32 Å². The number of carbonyl (C=O) groups is 1. The minimum Gasteiger partial charge on any atom is -0.354 e. The molecule has 0 spiro atoms. The number of hydrogen-bond acceptors (Lipinski definition) is 2. The Morgan fingerprint density at radius 3 is 2.45 bits per heavy atom. The summed E-state index contributed by atoms with van der Waals surface area (Å²) >= 11 is 0. The summed E-state index contributed by atoms with van der Waals surface area (Å²) in [5.41, 5.74) is 3.36. The SMILES string of the molecule is CNC(=O)c1cc(-c2ccccc2)c2ccccc2n1. The molecule has 1 amide bonds. The molecule has 3 heteroatoms. The number of aromatic nitrogens is 1. The lowest BCUT2D eigenvalue weighted by atomic mass is 10.00. The summed E-state index contributed by atoms with van der Waals surface area (Å²) in [7, 11) is 1.61. The predicted octanol–water partition coefficient (Wildman–Crippen LogP) is 3.26. The molecule has 0 unspecified atom stereocenters. The molecule has 0 aliphatic carbocycles. The Morgan fingerprint density at radius 1 is 1.00 bits per heavy atom. The van der Waals surface area contributed by atoms with Crippen LogP contribution in [0.25, 0.3) is 22.0 Å². The largest absolute Gasteiger partial charge is 0.354 e. The lowest BCUT2D eigenvalue weighted by Crippen LogP contribution is -2.19. The second-order valence-electron chi connectivity index (χ2n) is 4.52. The van der Waals surface area contributed by atoms with E-state index in [-0.39, 0.29) is 5.91 Å². The van der Waals surface area contributed by atoms with Gasteiger partial charge in [-0.1, -0.05) is 48.5 Å². The highest BCUT2D eigenvalue weighted by Crippen LogP contribution is 2.28. The highest BCUT2D eigenvalue weighted by atomic mass is 16.1. The standard InChI is InChI=1S/C17H14N2O/c1-18-17(20)16-11-14(12-7-3-2-4-8-12)13-9-5-6-10-15(13)19-16/h2-11H,1H3,(H,18,20). The van der Waals surface area contributed by atoms with Gasteiger partial charge in [0.05, 0.1) is 5.52 Å². The van der Waals surface area contributed by atoms with Gasteiger partial charge >= 0.3 is 0 Å². The molecule has 20 heavy (non-hydrogen) atoms. The average molecular weight is 262 g/mol. The third-order valence-corrected chi connectivity index (χ3v) is 3.26. The number of benzene rings is 2. The number of amides is 1. The molecular weight excluding hydrogens is 248 g/mol. The number of para-hydroxylation sites is 1. The first-order valence-electron chi connectivity index (χ1n) is 6.47. The van der Waals surface area contributed by atoms with Gasteiger partial charge in [0.2, 0.25) is 0 Å². The molecule has 1 heterocycles. The first-order valence-corrected chi connectivity index (χ1v) is 6.47. The Hall–Kier alpha value is -2.68. The van der Waals surface area contributed by atoms with Gasteiger partial charge in [-0.2, -0.15) is 0 Å². The Morgan fingerprint density at radius 2 is 1.70 bits per heavy atom. The molecule has 1 aromatic heterocycles. The van der Waals surface area contributed by atoms with Crippen molar-refractivity contribution >= 4 is 16.8 Å². The lowest BCUT2D eigenvalue weighted by molar-refractivity contribution is 0.0958. The third kappa shape index (κ3) is 2.14. The van der Waals surface area contributed by atoms with E-state index < -0.39 is 0 Å². The molecule has 3 aromatic rings. The van der Waals surface area contributed by atoms with Crippen LogP contribution in [0.3, 0.4) is 0 Å². The minimum atomic E-state index is -0.173. The fourth-order valence-corrected chi connectivity index (χ4v) is 2.28. The van der Waals surface area contributed by atoms with Crippen LogP contribution in [0.4, 0.5) is 0 Å². The zero-order chi connectivity index (χ0) is 13.9. The van der Waals surface area contributed by atoms with Crippen molar-refractivity contribution in [3.63, 3.8) is 0 Å². The summed E-state index contributed by atoms with van der Waals surface area (Å²) in [5.74, 6) is -0.173. The highest BCUT2D eigenvalue weighted by Gasteiger charge is 2.11. The number of rotatable bonds is 2. The van der Waals surface area contributed by atoms with Crippen molar-refractivity contribution in [2.45, 2.75) is 0 Å².